The molecule has 0 unspecified atom stereocenters. The van der Waals surface area contributed by atoms with Crippen LogP contribution in [0.4, 0.5) is 0 Å². The first-order chi connectivity index (χ1) is 14.6. The molecular weight excluding hydrogens is 398 g/mol. The Balaban J connectivity index is 1.25. The van der Waals surface area contributed by atoms with Crippen LogP contribution in [0.3, 0.4) is 0 Å². The summed E-state index contributed by atoms with van der Waals surface area (Å²) in [5, 5.41) is 7.96. The highest BCUT2D eigenvalue weighted by Gasteiger charge is 2.25. The molecule has 3 aromatic rings. The van der Waals surface area contributed by atoms with Gasteiger partial charge in [-0.05, 0) is 24.3 Å². The average molecular weight is 424 g/mol. The number of aromatic nitrogens is 3. The van der Waals surface area contributed by atoms with Crippen molar-refractivity contribution in [1.29, 1.82) is 0 Å². The molecule has 4 rings (SSSR count). The summed E-state index contributed by atoms with van der Waals surface area (Å²) in [6, 6.07) is 10.2. The first-order valence-corrected chi connectivity index (χ1v) is 10.9. The number of likely N-dealkylation sites (tertiary alicyclic amines) is 1. The van der Waals surface area contributed by atoms with E-state index in [1.54, 1.807) is 30.3 Å². The number of hydrogen-bond acceptors (Lipinski definition) is 5. The maximum atomic E-state index is 12.8. The molecule has 3 heterocycles. The van der Waals surface area contributed by atoms with Gasteiger partial charge >= 0.3 is 0 Å². The van der Waals surface area contributed by atoms with Gasteiger partial charge in [0.05, 0.1) is 23.0 Å². The van der Waals surface area contributed by atoms with Crippen LogP contribution in [0.25, 0.3) is 0 Å². The predicted molar refractivity (Wildman–Crippen MR) is 116 cm³/mol. The van der Waals surface area contributed by atoms with Gasteiger partial charge in [0.1, 0.15) is 4.88 Å². The van der Waals surface area contributed by atoms with Gasteiger partial charge < -0.3 is 10.2 Å². The molecule has 1 fully saturated rings. The number of benzene rings is 1. The van der Waals surface area contributed by atoms with Crippen LogP contribution in [0, 0.1) is 5.92 Å². The molecule has 0 atom stereocenters. The fourth-order valence-corrected chi connectivity index (χ4v) is 4.55. The lowest BCUT2D eigenvalue weighted by Gasteiger charge is -2.31. The maximum absolute atomic E-state index is 12.8. The highest BCUT2D eigenvalue weighted by Crippen LogP contribution is 2.22. The second-order valence-electron chi connectivity index (χ2n) is 7.63. The molecule has 0 radical (unpaired) electrons. The fourth-order valence-electron chi connectivity index (χ4n) is 3.63. The Kier molecular flexibility index (Phi) is 6.23. The van der Waals surface area contributed by atoms with Crippen molar-refractivity contribution in [1.82, 2.24) is 25.0 Å². The minimum absolute atomic E-state index is 0.0599. The van der Waals surface area contributed by atoms with Crippen LogP contribution in [0.1, 0.15) is 43.4 Å². The predicted octanol–water partition coefficient (Wildman–Crippen LogP) is 2.75. The van der Waals surface area contributed by atoms with E-state index in [0.29, 0.717) is 36.0 Å². The van der Waals surface area contributed by atoms with E-state index in [1.165, 1.54) is 16.9 Å². The van der Waals surface area contributed by atoms with E-state index in [9.17, 15) is 9.59 Å². The molecule has 7 nitrogen and oxygen atoms in total. The van der Waals surface area contributed by atoms with Gasteiger partial charge in [-0.2, -0.15) is 5.10 Å². The van der Waals surface area contributed by atoms with Crippen molar-refractivity contribution >= 4 is 23.2 Å². The summed E-state index contributed by atoms with van der Waals surface area (Å²) in [7, 11) is 1.79. The molecule has 8 heteroatoms. The third-order valence-electron chi connectivity index (χ3n) is 5.38. The number of carbonyl (C=O) groups excluding carboxylic acids is 2. The summed E-state index contributed by atoms with van der Waals surface area (Å²) in [4.78, 5) is 32.0. The smallest absolute Gasteiger partial charge is 0.265 e. The number of piperidine rings is 1. The molecule has 0 aliphatic carbocycles. The standard InChI is InChI=1S/C22H25N5O2S/c1-26-15-18(13-25-26)21(28)24-12-17-7-9-27(10-8-17)22(29)19-14-23-20(30-19)11-16-5-3-2-4-6-16/h2-6,13-15,17H,7-12H2,1H3,(H,24,28). The molecule has 2 aromatic heterocycles. The third-order valence-corrected chi connectivity index (χ3v) is 6.37. The second-order valence-corrected chi connectivity index (χ2v) is 8.74. The van der Waals surface area contributed by atoms with E-state index < -0.39 is 0 Å². The summed E-state index contributed by atoms with van der Waals surface area (Å²) in [6.07, 6.45) is 7.49. The lowest BCUT2D eigenvalue weighted by Crippen LogP contribution is -2.41. The Morgan fingerprint density at radius 1 is 1.17 bits per heavy atom. The number of nitrogens with one attached hydrogen (secondary N) is 1. The Hall–Kier alpha value is -3.00. The van der Waals surface area contributed by atoms with Crippen LogP contribution in [-0.2, 0) is 13.5 Å². The molecule has 2 amide bonds. The molecule has 1 N–H and O–H groups in total. The quantitative estimate of drug-likeness (QED) is 0.661. The number of carbonyl (C=O) groups is 2. The van der Waals surface area contributed by atoms with Crippen molar-refractivity contribution in [3.05, 3.63) is 69.9 Å². The number of amides is 2. The van der Waals surface area contributed by atoms with Gasteiger partial charge in [0, 0.05) is 39.3 Å². The molecule has 1 aromatic carbocycles. The summed E-state index contributed by atoms with van der Waals surface area (Å²) >= 11 is 1.48. The summed E-state index contributed by atoms with van der Waals surface area (Å²) in [5.41, 5.74) is 1.77. The van der Waals surface area contributed by atoms with E-state index in [2.05, 4.69) is 27.5 Å². The number of rotatable bonds is 6. The van der Waals surface area contributed by atoms with Crippen LogP contribution in [-0.4, -0.2) is 51.1 Å². The van der Waals surface area contributed by atoms with Crippen molar-refractivity contribution in [3.63, 3.8) is 0 Å². The highest BCUT2D eigenvalue weighted by molar-refractivity contribution is 7.13. The van der Waals surface area contributed by atoms with E-state index in [1.807, 2.05) is 23.1 Å². The van der Waals surface area contributed by atoms with E-state index in [4.69, 9.17) is 0 Å². The van der Waals surface area contributed by atoms with Crippen LogP contribution < -0.4 is 5.32 Å². The zero-order valence-electron chi connectivity index (χ0n) is 17.0. The van der Waals surface area contributed by atoms with Crippen LogP contribution >= 0.6 is 11.3 Å². The van der Waals surface area contributed by atoms with E-state index in [0.717, 1.165) is 24.3 Å². The van der Waals surface area contributed by atoms with E-state index in [-0.39, 0.29) is 11.8 Å². The monoisotopic (exact) mass is 423 g/mol. The maximum Gasteiger partial charge on any atom is 0.265 e. The molecule has 0 spiro atoms. The zero-order valence-corrected chi connectivity index (χ0v) is 17.8. The van der Waals surface area contributed by atoms with Crippen LogP contribution in [0.5, 0.6) is 0 Å². The Bertz CT molecular complexity index is 1010. The second kappa shape index (κ2) is 9.21. The van der Waals surface area contributed by atoms with Crippen LogP contribution in [0.15, 0.2) is 48.9 Å². The molecule has 30 heavy (non-hydrogen) atoms. The van der Waals surface area contributed by atoms with Crippen LogP contribution in [0.2, 0.25) is 0 Å². The Labute approximate surface area is 179 Å². The van der Waals surface area contributed by atoms with Gasteiger partial charge in [-0.1, -0.05) is 30.3 Å². The largest absolute Gasteiger partial charge is 0.352 e. The van der Waals surface area contributed by atoms with Crippen molar-refractivity contribution in [2.24, 2.45) is 13.0 Å². The van der Waals surface area contributed by atoms with E-state index >= 15 is 0 Å². The normalized spacial score (nSPS) is 14.6. The molecule has 0 bridgehead atoms. The SMILES string of the molecule is Cn1cc(C(=O)NCC2CCN(C(=O)c3cnc(Cc4ccccc4)s3)CC2)cn1. The number of thiazole rings is 1. The van der Waals surface area contributed by atoms with Gasteiger partial charge in [-0.15, -0.1) is 11.3 Å². The zero-order chi connectivity index (χ0) is 20.9. The van der Waals surface area contributed by atoms with Crippen molar-refractivity contribution in [2.75, 3.05) is 19.6 Å². The Morgan fingerprint density at radius 3 is 2.63 bits per heavy atom. The first-order valence-electron chi connectivity index (χ1n) is 10.1. The minimum atomic E-state index is -0.0998. The number of aryl methyl sites for hydroxylation is 1. The van der Waals surface area contributed by atoms with Gasteiger partial charge in [0.2, 0.25) is 0 Å². The fraction of sp³-hybridized carbons (Fsp3) is 0.364. The Morgan fingerprint density at radius 2 is 1.93 bits per heavy atom. The van der Waals surface area contributed by atoms with Gasteiger partial charge in [-0.3, -0.25) is 14.3 Å². The van der Waals surface area contributed by atoms with Crippen molar-refractivity contribution < 1.29 is 9.59 Å². The molecule has 0 saturated carbocycles. The number of nitrogens with zero attached hydrogens (tertiary/aromatic N) is 4. The summed E-state index contributed by atoms with van der Waals surface area (Å²) in [6.45, 7) is 2.04. The molecule has 1 aliphatic rings. The van der Waals surface area contributed by atoms with Crippen molar-refractivity contribution in [2.45, 2.75) is 19.3 Å². The highest BCUT2D eigenvalue weighted by atomic mass is 32.1. The van der Waals surface area contributed by atoms with Gasteiger partial charge in [-0.25, -0.2) is 4.98 Å². The van der Waals surface area contributed by atoms with Crippen molar-refractivity contribution in [3.8, 4) is 0 Å². The lowest BCUT2D eigenvalue weighted by atomic mass is 9.96. The molecule has 1 aliphatic heterocycles. The molecule has 1 saturated heterocycles. The summed E-state index contributed by atoms with van der Waals surface area (Å²) < 4.78 is 1.61. The average Bonchev–Trinajstić information content (AvgIpc) is 3.42. The lowest BCUT2D eigenvalue weighted by molar-refractivity contribution is 0.0689. The minimum Gasteiger partial charge on any atom is -0.352 e. The summed E-state index contributed by atoms with van der Waals surface area (Å²) in [5.74, 6) is 0.339. The topological polar surface area (TPSA) is 80.1 Å². The molecular formula is C22H25N5O2S. The van der Waals surface area contributed by atoms with Gasteiger partial charge in [0.25, 0.3) is 11.8 Å². The number of hydrogen-bond donors (Lipinski definition) is 1. The third kappa shape index (κ3) is 4.94. The van der Waals surface area contributed by atoms with Gasteiger partial charge in [0.15, 0.2) is 0 Å². The first kappa shape index (κ1) is 20.3. The molecule has 156 valence electrons.